The molecule has 0 unspecified atom stereocenters. The fourth-order valence-electron chi connectivity index (χ4n) is 2.68. The lowest BCUT2D eigenvalue weighted by Crippen LogP contribution is -2.45. The maximum atomic E-state index is 12.5. The lowest BCUT2D eigenvalue weighted by atomic mass is 9.88. The number of para-hydroxylation sites is 1. The molecule has 1 aliphatic carbocycles. The van der Waals surface area contributed by atoms with Crippen LogP contribution in [0.25, 0.3) is 11.0 Å². The Kier molecular flexibility index (Phi) is 3.01. The van der Waals surface area contributed by atoms with Gasteiger partial charge in [0.1, 0.15) is 24.1 Å². The van der Waals surface area contributed by atoms with Gasteiger partial charge in [-0.15, -0.1) is 0 Å². The number of furan rings is 1. The number of carbonyl (C=O) groups is 1. The molecule has 0 amide bonds. The first-order valence-corrected chi connectivity index (χ1v) is 6.12. The Morgan fingerprint density at radius 1 is 1.25 bits per heavy atom. The van der Waals surface area contributed by atoms with Crippen LogP contribution in [0.4, 0.5) is 0 Å². The average Bonchev–Trinajstić information content (AvgIpc) is 2.84. The average molecular weight is 278 g/mol. The van der Waals surface area contributed by atoms with E-state index in [-0.39, 0.29) is 28.4 Å². The van der Waals surface area contributed by atoms with Crippen LogP contribution in [0.5, 0.6) is 5.75 Å². The zero-order chi connectivity index (χ0) is 14.4. The molecule has 2 N–H and O–H groups in total. The number of carbonyl (C=O) groups excluding carboxylic acids is 1. The fourth-order valence-corrected chi connectivity index (χ4v) is 2.68. The molecule has 0 aliphatic heterocycles. The molecule has 106 valence electrons. The molecule has 0 fully saturated rings. The van der Waals surface area contributed by atoms with Gasteiger partial charge in [0.05, 0.1) is 5.56 Å². The van der Waals surface area contributed by atoms with Crippen molar-refractivity contribution >= 4 is 16.8 Å². The number of ether oxygens (including phenoxy) is 2. The van der Waals surface area contributed by atoms with Crippen LogP contribution in [-0.4, -0.2) is 42.4 Å². The summed E-state index contributed by atoms with van der Waals surface area (Å²) in [4.78, 5) is 12.5. The zero-order valence-electron chi connectivity index (χ0n) is 11.0. The van der Waals surface area contributed by atoms with Crippen LogP contribution in [0, 0.1) is 0 Å². The van der Waals surface area contributed by atoms with Crippen molar-refractivity contribution in [1.82, 2.24) is 0 Å². The van der Waals surface area contributed by atoms with Crippen LogP contribution in [-0.2, 0) is 9.47 Å². The van der Waals surface area contributed by atoms with Crippen molar-refractivity contribution in [2.75, 3.05) is 14.2 Å². The van der Waals surface area contributed by atoms with Crippen molar-refractivity contribution in [3.8, 4) is 5.75 Å². The SMILES string of the molecule is CO[C@H]1[C@H](OC)C(=O)c2c(oc3c(O)cccc23)[C@@H]1O. The van der Waals surface area contributed by atoms with Gasteiger partial charge in [0, 0.05) is 19.6 Å². The van der Waals surface area contributed by atoms with Gasteiger partial charge < -0.3 is 24.1 Å². The van der Waals surface area contributed by atoms with E-state index >= 15 is 0 Å². The van der Waals surface area contributed by atoms with E-state index in [0.29, 0.717) is 5.39 Å². The maximum Gasteiger partial charge on any atom is 0.198 e. The molecular weight excluding hydrogens is 264 g/mol. The fraction of sp³-hybridized carbons (Fsp3) is 0.357. The predicted octanol–water partition coefficient (Wildman–Crippen LogP) is 1.40. The Hall–Kier alpha value is -1.89. The van der Waals surface area contributed by atoms with E-state index in [1.54, 1.807) is 12.1 Å². The number of fused-ring (bicyclic) bond motifs is 3. The van der Waals surface area contributed by atoms with Crippen LogP contribution in [0.1, 0.15) is 22.2 Å². The number of phenols is 1. The molecule has 3 rings (SSSR count). The molecule has 0 bridgehead atoms. The second kappa shape index (κ2) is 4.59. The van der Waals surface area contributed by atoms with Crippen molar-refractivity contribution in [2.45, 2.75) is 18.3 Å². The standard InChI is InChI=1S/C14H14O6/c1-18-13-9(16)8-6-4-3-5-7(15)11(6)20-12(8)10(17)14(13)19-2/h3-5,10,13-15,17H,1-2H3/t10-,13+,14+/m0/s1. The first-order chi connectivity index (χ1) is 9.60. The first kappa shape index (κ1) is 13.1. The topological polar surface area (TPSA) is 89.1 Å². The van der Waals surface area contributed by atoms with Gasteiger partial charge in [0.15, 0.2) is 17.1 Å². The lowest BCUT2D eigenvalue weighted by Gasteiger charge is -2.31. The smallest absolute Gasteiger partial charge is 0.198 e. The highest BCUT2D eigenvalue weighted by molar-refractivity contribution is 6.12. The number of Topliss-reactive ketones (excluding diaryl/α,β-unsaturated/α-hetero) is 1. The van der Waals surface area contributed by atoms with Gasteiger partial charge in [-0.25, -0.2) is 0 Å². The normalized spacial score (nSPS) is 25.9. The second-order valence-electron chi connectivity index (χ2n) is 4.66. The summed E-state index contributed by atoms with van der Waals surface area (Å²) >= 11 is 0. The van der Waals surface area contributed by atoms with E-state index < -0.39 is 18.3 Å². The molecule has 0 spiro atoms. The zero-order valence-corrected chi connectivity index (χ0v) is 11.0. The summed E-state index contributed by atoms with van der Waals surface area (Å²) in [6.45, 7) is 0. The molecular formula is C14H14O6. The Balaban J connectivity index is 2.29. The van der Waals surface area contributed by atoms with Crippen LogP contribution < -0.4 is 0 Å². The Labute approximate surface area is 114 Å². The largest absolute Gasteiger partial charge is 0.504 e. The van der Waals surface area contributed by atoms with Gasteiger partial charge in [0.25, 0.3) is 0 Å². The van der Waals surface area contributed by atoms with E-state index in [2.05, 4.69) is 0 Å². The Morgan fingerprint density at radius 2 is 2.00 bits per heavy atom. The highest BCUT2D eigenvalue weighted by Gasteiger charge is 2.46. The van der Waals surface area contributed by atoms with Crippen molar-refractivity contribution in [2.24, 2.45) is 0 Å². The number of phenolic OH excluding ortho intramolecular Hbond substituents is 1. The summed E-state index contributed by atoms with van der Waals surface area (Å²) in [5, 5.41) is 20.5. The van der Waals surface area contributed by atoms with E-state index in [9.17, 15) is 15.0 Å². The van der Waals surface area contributed by atoms with Gasteiger partial charge in [0.2, 0.25) is 0 Å². The number of aliphatic hydroxyl groups excluding tert-OH is 1. The van der Waals surface area contributed by atoms with Crippen molar-refractivity contribution in [3.05, 3.63) is 29.5 Å². The lowest BCUT2D eigenvalue weighted by molar-refractivity contribution is -0.0933. The van der Waals surface area contributed by atoms with Gasteiger partial charge in [-0.05, 0) is 6.07 Å². The second-order valence-corrected chi connectivity index (χ2v) is 4.66. The number of aromatic hydroxyl groups is 1. The highest BCUT2D eigenvalue weighted by Crippen LogP contribution is 2.41. The molecule has 1 aromatic heterocycles. The van der Waals surface area contributed by atoms with Gasteiger partial charge in [-0.2, -0.15) is 0 Å². The molecule has 1 aliphatic rings. The number of benzene rings is 1. The minimum Gasteiger partial charge on any atom is -0.504 e. The van der Waals surface area contributed by atoms with E-state index in [4.69, 9.17) is 13.9 Å². The van der Waals surface area contributed by atoms with Crippen LogP contribution in [0.3, 0.4) is 0 Å². The third-order valence-corrected chi connectivity index (χ3v) is 3.63. The first-order valence-electron chi connectivity index (χ1n) is 6.12. The quantitative estimate of drug-likeness (QED) is 0.863. The molecule has 0 saturated carbocycles. The van der Waals surface area contributed by atoms with Crippen LogP contribution in [0.2, 0.25) is 0 Å². The number of rotatable bonds is 2. The van der Waals surface area contributed by atoms with Gasteiger partial charge in [-0.1, -0.05) is 12.1 Å². The molecule has 3 atom stereocenters. The maximum absolute atomic E-state index is 12.5. The van der Waals surface area contributed by atoms with E-state index in [1.807, 2.05) is 0 Å². The minimum atomic E-state index is -1.13. The highest BCUT2D eigenvalue weighted by atomic mass is 16.5. The Bertz CT molecular complexity index is 674. The number of aliphatic hydroxyl groups is 1. The van der Waals surface area contributed by atoms with Gasteiger partial charge in [-0.3, -0.25) is 4.79 Å². The van der Waals surface area contributed by atoms with Crippen LogP contribution in [0.15, 0.2) is 22.6 Å². The third-order valence-electron chi connectivity index (χ3n) is 3.63. The molecule has 20 heavy (non-hydrogen) atoms. The third kappa shape index (κ3) is 1.59. The minimum absolute atomic E-state index is 0.0835. The molecule has 6 heteroatoms. The molecule has 0 radical (unpaired) electrons. The van der Waals surface area contributed by atoms with Crippen molar-refractivity contribution in [1.29, 1.82) is 0 Å². The summed E-state index contributed by atoms with van der Waals surface area (Å²) in [7, 11) is 2.77. The predicted molar refractivity (Wildman–Crippen MR) is 68.8 cm³/mol. The van der Waals surface area contributed by atoms with E-state index in [0.717, 1.165) is 0 Å². The number of methoxy groups -OCH3 is 2. The molecule has 2 aromatic rings. The number of ketones is 1. The number of hydrogen-bond donors (Lipinski definition) is 2. The number of hydrogen-bond acceptors (Lipinski definition) is 6. The van der Waals surface area contributed by atoms with Crippen molar-refractivity contribution in [3.63, 3.8) is 0 Å². The Morgan fingerprint density at radius 3 is 2.65 bits per heavy atom. The van der Waals surface area contributed by atoms with Crippen LogP contribution >= 0.6 is 0 Å². The van der Waals surface area contributed by atoms with E-state index in [1.165, 1.54) is 20.3 Å². The summed E-state index contributed by atoms with van der Waals surface area (Å²) in [6, 6.07) is 4.72. The molecule has 0 saturated heterocycles. The summed E-state index contributed by atoms with van der Waals surface area (Å²) < 4.78 is 15.8. The summed E-state index contributed by atoms with van der Waals surface area (Å²) in [5.74, 6) is -0.310. The van der Waals surface area contributed by atoms with Crippen molar-refractivity contribution < 1.29 is 28.9 Å². The van der Waals surface area contributed by atoms with Gasteiger partial charge >= 0.3 is 0 Å². The summed E-state index contributed by atoms with van der Waals surface area (Å²) in [6.07, 6.45) is -2.89. The molecule has 1 heterocycles. The molecule has 6 nitrogen and oxygen atoms in total. The molecule has 1 aromatic carbocycles. The summed E-state index contributed by atoms with van der Waals surface area (Å²) in [5.41, 5.74) is 0.417. The monoisotopic (exact) mass is 278 g/mol.